The van der Waals surface area contributed by atoms with E-state index >= 15 is 0 Å². The van der Waals surface area contributed by atoms with Gasteiger partial charge in [0.15, 0.2) is 0 Å². The number of aryl methyl sites for hydroxylation is 1. The van der Waals surface area contributed by atoms with Gasteiger partial charge in [0, 0.05) is 17.1 Å². The average molecular weight is 337 g/mol. The Morgan fingerprint density at radius 2 is 2.23 bits per heavy atom. The zero-order chi connectivity index (χ0) is 15.7. The van der Waals surface area contributed by atoms with Gasteiger partial charge in [0.1, 0.15) is 0 Å². The number of fused-ring (bicyclic) bond motifs is 1. The van der Waals surface area contributed by atoms with Crippen LogP contribution in [-0.2, 0) is 27.7 Å². The van der Waals surface area contributed by atoms with Crippen molar-refractivity contribution in [3.05, 3.63) is 39.8 Å². The van der Waals surface area contributed by atoms with Crippen molar-refractivity contribution in [1.82, 2.24) is 9.71 Å². The third-order valence-electron chi connectivity index (χ3n) is 3.50. The van der Waals surface area contributed by atoms with E-state index in [4.69, 9.17) is 0 Å². The van der Waals surface area contributed by atoms with Gasteiger partial charge in [0.05, 0.1) is 22.5 Å². The van der Waals surface area contributed by atoms with Crippen LogP contribution in [0.2, 0.25) is 0 Å². The van der Waals surface area contributed by atoms with E-state index in [1.165, 1.54) is 17.4 Å². The fourth-order valence-corrected chi connectivity index (χ4v) is 4.18. The Kier molecular flexibility index (Phi) is 3.98. The van der Waals surface area contributed by atoms with Crippen LogP contribution in [0.25, 0.3) is 0 Å². The quantitative estimate of drug-likeness (QED) is 0.865. The lowest BCUT2D eigenvalue weighted by atomic mass is 10.2. The summed E-state index contributed by atoms with van der Waals surface area (Å²) in [5, 5.41) is 2.68. The van der Waals surface area contributed by atoms with E-state index < -0.39 is 10.0 Å². The van der Waals surface area contributed by atoms with E-state index in [1.54, 1.807) is 17.6 Å². The molecular weight excluding hydrogens is 322 g/mol. The number of amides is 1. The van der Waals surface area contributed by atoms with Gasteiger partial charge < -0.3 is 5.32 Å². The Balaban J connectivity index is 1.70. The smallest absolute Gasteiger partial charge is 0.240 e. The standard InChI is InChI=1S/C14H15N3O3S2/c1-9-13(21-8-15-9)4-5-16-22(19,20)11-2-3-12-10(6-11)7-14(18)17-12/h2-3,6,8,16H,4-5,7H2,1H3,(H,17,18). The number of anilines is 1. The Labute approximate surface area is 132 Å². The largest absolute Gasteiger partial charge is 0.326 e. The molecule has 0 spiro atoms. The number of carbonyl (C=O) groups excluding carboxylic acids is 1. The molecular formula is C14H15N3O3S2. The van der Waals surface area contributed by atoms with Crippen molar-refractivity contribution in [3.63, 3.8) is 0 Å². The molecule has 0 aliphatic carbocycles. The summed E-state index contributed by atoms with van der Waals surface area (Å²) in [4.78, 5) is 16.7. The van der Waals surface area contributed by atoms with Crippen LogP contribution in [0, 0.1) is 6.92 Å². The number of sulfonamides is 1. The van der Waals surface area contributed by atoms with Crippen molar-refractivity contribution >= 4 is 33.0 Å². The molecule has 8 heteroatoms. The van der Waals surface area contributed by atoms with Gasteiger partial charge in [-0.15, -0.1) is 11.3 Å². The first-order valence-electron chi connectivity index (χ1n) is 6.77. The van der Waals surface area contributed by atoms with Crippen LogP contribution >= 0.6 is 11.3 Å². The molecule has 1 aliphatic rings. The lowest BCUT2D eigenvalue weighted by Gasteiger charge is -2.08. The van der Waals surface area contributed by atoms with Crippen LogP contribution < -0.4 is 10.0 Å². The van der Waals surface area contributed by atoms with Crippen LogP contribution in [0.4, 0.5) is 5.69 Å². The van der Waals surface area contributed by atoms with Crippen molar-refractivity contribution in [3.8, 4) is 0 Å². The SMILES string of the molecule is Cc1ncsc1CCNS(=O)(=O)c1ccc2c(c1)CC(=O)N2. The molecule has 0 saturated carbocycles. The van der Waals surface area contributed by atoms with Gasteiger partial charge in [0.2, 0.25) is 15.9 Å². The number of rotatable bonds is 5. The van der Waals surface area contributed by atoms with E-state index in [1.807, 2.05) is 6.92 Å². The highest BCUT2D eigenvalue weighted by Gasteiger charge is 2.21. The molecule has 0 bridgehead atoms. The highest BCUT2D eigenvalue weighted by atomic mass is 32.2. The summed E-state index contributed by atoms with van der Waals surface area (Å²) in [5.74, 6) is -0.113. The highest BCUT2D eigenvalue weighted by molar-refractivity contribution is 7.89. The summed E-state index contributed by atoms with van der Waals surface area (Å²) in [7, 11) is -3.57. The lowest BCUT2D eigenvalue weighted by Crippen LogP contribution is -2.26. The van der Waals surface area contributed by atoms with Gasteiger partial charge in [-0.25, -0.2) is 18.1 Å². The van der Waals surface area contributed by atoms with E-state index in [9.17, 15) is 13.2 Å². The number of nitrogens with one attached hydrogen (secondary N) is 2. The number of hydrogen-bond acceptors (Lipinski definition) is 5. The minimum atomic E-state index is -3.57. The topological polar surface area (TPSA) is 88.2 Å². The molecule has 116 valence electrons. The first-order valence-corrected chi connectivity index (χ1v) is 9.13. The molecule has 2 N–H and O–H groups in total. The third-order valence-corrected chi connectivity index (χ3v) is 5.95. The number of thiazole rings is 1. The Hall–Kier alpha value is -1.77. The molecule has 0 saturated heterocycles. The molecule has 3 rings (SSSR count). The second-order valence-electron chi connectivity index (χ2n) is 5.05. The number of nitrogens with zero attached hydrogens (tertiary/aromatic N) is 1. The van der Waals surface area contributed by atoms with Gasteiger partial charge in [-0.05, 0) is 37.1 Å². The molecule has 1 amide bonds. The second-order valence-corrected chi connectivity index (χ2v) is 7.76. The monoisotopic (exact) mass is 337 g/mol. The molecule has 1 aromatic heterocycles. The minimum absolute atomic E-state index is 0.113. The lowest BCUT2D eigenvalue weighted by molar-refractivity contribution is -0.115. The van der Waals surface area contributed by atoms with Crippen molar-refractivity contribution in [2.45, 2.75) is 24.7 Å². The normalized spacial score (nSPS) is 14.0. The van der Waals surface area contributed by atoms with Gasteiger partial charge in [0.25, 0.3) is 0 Å². The van der Waals surface area contributed by atoms with Crippen molar-refractivity contribution in [1.29, 1.82) is 0 Å². The number of carbonyl (C=O) groups is 1. The second kappa shape index (κ2) is 5.79. The summed E-state index contributed by atoms with van der Waals surface area (Å²) in [6.07, 6.45) is 0.833. The maximum Gasteiger partial charge on any atom is 0.240 e. The third kappa shape index (κ3) is 3.03. The van der Waals surface area contributed by atoms with Gasteiger partial charge in [-0.3, -0.25) is 4.79 Å². The first kappa shape index (κ1) is 15.1. The minimum Gasteiger partial charge on any atom is -0.326 e. The number of aromatic nitrogens is 1. The van der Waals surface area contributed by atoms with Gasteiger partial charge in [-0.1, -0.05) is 0 Å². The molecule has 0 radical (unpaired) electrons. The molecule has 1 aromatic carbocycles. The van der Waals surface area contributed by atoms with Crippen LogP contribution in [-0.4, -0.2) is 25.9 Å². The van der Waals surface area contributed by atoms with Gasteiger partial charge in [-0.2, -0.15) is 0 Å². The zero-order valence-electron chi connectivity index (χ0n) is 11.9. The molecule has 0 fully saturated rings. The Bertz CT molecular complexity index is 828. The Morgan fingerprint density at radius 1 is 1.41 bits per heavy atom. The molecule has 1 aliphatic heterocycles. The fourth-order valence-electron chi connectivity index (χ4n) is 2.32. The zero-order valence-corrected chi connectivity index (χ0v) is 13.6. The van der Waals surface area contributed by atoms with Crippen LogP contribution in [0.5, 0.6) is 0 Å². The fraction of sp³-hybridized carbons (Fsp3) is 0.286. The molecule has 0 atom stereocenters. The molecule has 2 heterocycles. The summed E-state index contributed by atoms with van der Waals surface area (Å²) >= 11 is 1.52. The van der Waals surface area contributed by atoms with Crippen LogP contribution in [0.1, 0.15) is 16.1 Å². The van der Waals surface area contributed by atoms with Crippen molar-refractivity contribution in [2.24, 2.45) is 0 Å². The predicted molar refractivity (Wildman–Crippen MR) is 84.5 cm³/mol. The Morgan fingerprint density at radius 3 is 2.95 bits per heavy atom. The first-order chi connectivity index (χ1) is 10.5. The van der Waals surface area contributed by atoms with Crippen LogP contribution in [0.3, 0.4) is 0 Å². The number of benzene rings is 1. The maximum atomic E-state index is 12.3. The van der Waals surface area contributed by atoms with Gasteiger partial charge >= 0.3 is 0 Å². The summed E-state index contributed by atoms with van der Waals surface area (Å²) in [6.45, 7) is 2.23. The van der Waals surface area contributed by atoms with Crippen molar-refractivity contribution < 1.29 is 13.2 Å². The van der Waals surface area contributed by atoms with E-state index in [2.05, 4.69) is 15.0 Å². The van der Waals surface area contributed by atoms with Crippen molar-refractivity contribution in [2.75, 3.05) is 11.9 Å². The van der Waals surface area contributed by atoms with E-state index in [0.29, 0.717) is 24.2 Å². The molecule has 0 unspecified atom stereocenters. The summed E-state index contributed by atoms with van der Waals surface area (Å²) < 4.78 is 27.2. The van der Waals surface area contributed by atoms with Crippen LogP contribution in [0.15, 0.2) is 28.6 Å². The highest BCUT2D eigenvalue weighted by Crippen LogP contribution is 2.25. The molecule has 22 heavy (non-hydrogen) atoms. The summed E-state index contributed by atoms with van der Waals surface area (Å²) in [6, 6.07) is 4.68. The molecule has 2 aromatic rings. The number of hydrogen-bond donors (Lipinski definition) is 2. The predicted octanol–water partition coefficient (Wildman–Crippen LogP) is 1.47. The summed E-state index contributed by atoms with van der Waals surface area (Å²) in [5.41, 5.74) is 4.09. The van der Waals surface area contributed by atoms with E-state index in [-0.39, 0.29) is 17.2 Å². The molecule has 6 nitrogen and oxygen atoms in total. The average Bonchev–Trinajstić information content (AvgIpc) is 3.02. The van der Waals surface area contributed by atoms with E-state index in [0.717, 1.165) is 10.6 Å². The maximum absolute atomic E-state index is 12.3.